The van der Waals surface area contributed by atoms with Crippen molar-refractivity contribution in [2.45, 2.75) is 51.2 Å². The molecule has 0 radical (unpaired) electrons. The minimum absolute atomic E-state index is 0.0975. The number of nitroso groups, excluding NO2 is 1. The average molecular weight is 436 g/mol. The van der Waals surface area contributed by atoms with Gasteiger partial charge in [0.2, 0.25) is 0 Å². The average Bonchev–Trinajstić information content (AvgIpc) is 3.26. The van der Waals surface area contributed by atoms with Crippen LogP contribution >= 0.6 is 23.2 Å². The molecule has 0 unspecified atom stereocenters. The zero-order chi connectivity index (χ0) is 21.0. The van der Waals surface area contributed by atoms with Crippen LogP contribution in [0.4, 0.5) is 0 Å². The van der Waals surface area contributed by atoms with E-state index in [1.165, 1.54) is 18.9 Å². The number of aryl methyl sites for hydroxylation is 1. The fourth-order valence-electron chi connectivity index (χ4n) is 3.85. The second-order valence-corrected chi connectivity index (χ2v) is 8.25. The van der Waals surface area contributed by atoms with Crippen LogP contribution in [0.5, 0.6) is 0 Å². The Labute approximate surface area is 179 Å². The molecule has 1 fully saturated rings. The van der Waals surface area contributed by atoms with Gasteiger partial charge in [0.1, 0.15) is 5.02 Å². The second-order valence-electron chi connectivity index (χ2n) is 7.44. The maximum atomic E-state index is 12.7. The van der Waals surface area contributed by atoms with Crippen molar-refractivity contribution >= 4 is 29.1 Å². The maximum absolute atomic E-state index is 12.7. The zero-order valence-corrected chi connectivity index (χ0v) is 17.7. The van der Waals surface area contributed by atoms with Crippen molar-refractivity contribution in [1.29, 1.82) is 0 Å². The Morgan fingerprint density at radius 1 is 1.17 bits per heavy atom. The Balaban J connectivity index is 1.81. The van der Waals surface area contributed by atoms with Crippen LogP contribution in [0, 0.1) is 4.91 Å². The molecule has 29 heavy (non-hydrogen) atoms. The third kappa shape index (κ3) is 5.13. The second kappa shape index (κ2) is 9.65. The van der Waals surface area contributed by atoms with Gasteiger partial charge in [-0.1, -0.05) is 48.2 Å². The molecule has 0 spiro atoms. The Morgan fingerprint density at radius 3 is 2.45 bits per heavy atom. The van der Waals surface area contributed by atoms with Crippen molar-refractivity contribution in [2.24, 2.45) is 5.18 Å². The lowest BCUT2D eigenvalue weighted by molar-refractivity contribution is 0.100. The number of halogens is 2. The number of rotatable bonds is 7. The third-order valence-electron chi connectivity index (χ3n) is 5.56. The van der Waals surface area contributed by atoms with Crippen molar-refractivity contribution in [3.63, 3.8) is 0 Å². The first-order valence-electron chi connectivity index (χ1n) is 9.65. The number of hydrogen-bond acceptors (Lipinski definition) is 4. The van der Waals surface area contributed by atoms with E-state index < -0.39 is 5.91 Å². The van der Waals surface area contributed by atoms with Crippen LogP contribution in [0.3, 0.4) is 0 Å². The lowest BCUT2D eigenvalue weighted by atomic mass is 10.1. The third-order valence-corrected chi connectivity index (χ3v) is 6.16. The normalized spacial score (nSPS) is 14.5. The van der Waals surface area contributed by atoms with Crippen molar-refractivity contribution in [3.8, 4) is 0 Å². The number of carbonyl (C=O) groups excluding carboxylic acids is 1. The SMILES string of the molecule is CN(Cc1c(Cl)cc(Cl)c(=O)n1CCc1ccc(C(=O)N=O)cc1)C1CCCC1. The first kappa shape index (κ1) is 21.7. The molecule has 1 aliphatic carbocycles. The van der Waals surface area contributed by atoms with E-state index in [-0.39, 0.29) is 16.1 Å². The smallest absolute Gasteiger partial charge is 0.308 e. The van der Waals surface area contributed by atoms with Gasteiger partial charge in [-0.05, 0) is 50.1 Å². The quantitative estimate of drug-likeness (QED) is 0.591. The highest BCUT2D eigenvalue weighted by atomic mass is 35.5. The molecule has 0 N–H and O–H groups in total. The number of amides is 1. The van der Waals surface area contributed by atoms with Crippen LogP contribution in [-0.2, 0) is 19.5 Å². The lowest BCUT2D eigenvalue weighted by Crippen LogP contribution is -2.33. The number of aromatic nitrogens is 1. The molecule has 1 aromatic heterocycles. The number of nitrogens with zero attached hydrogens (tertiary/aromatic N) is 3. The Hall–Kier alpha value is -2.02. The van der Waals surface area contributed by atoms with Gasteiger partial charge in [-0.3, -0.25) is 14.5 Å². The first-order chi connectivity index (χ1) is 13.9. The van der Waals surface area contributed by atoms with Gasteiger partial charge in [-0.25, -0.2) is 0 Å². The van der Waals surface area contributed by atoms with E-state index >= 15 is 0 Å². The van der Waals surface area contributed by atoms with Crippen LogP contribution < -0.4 is 5.56 Å². The maximum Gasteiger partial charge on any atom is 0.316 e. The molecular formula is C21H23Cl2N3O3. The predicted octanol–water partition coefficient (Wildman–Crippen LogP) is 4.68. The molecule has 0 bridgehead atoms. The number of benzene rings is 1. The molecule has 0 atom stereocenters. The number of pyridine rings is 1. The van der Waals surface area contributed by atoms with Crippen LogP contribution in [0.25, 0.3) is 0 Å². The van der Waals surface area contributed by atoms with Crippen LogP contribution in [0.1, 0.15) is 47.3 Å². The molecule has 1 aromatic carbocycles. The predicted molar refractivity (Wildman–Crippen MR) is 115 cm³/mol. The van der Waals surface area contributed by atoms with E-state index in [4.69, 9.17) is 23.2 Å². The monoisotopic (exact) mass is 435 g/mol. The Bertz CT molecular complexity index is 951. The minimum atomic E-state index is -0.799. The molecule has 3 rings (SSSR count). The summed E-state index contributed by atoms with van der Waals surface area (Å²) in [4.78, 5) is 36.6. The molecule has 0 saturated heterocycles. The van der Waals surface area contributed by atoms with Gasteiger partial charge in [0, 0.05) is 29.9 Å². The van der Waals surface area contributed by atoms with Crippen molar-refractivity contribution in [3.05, 3.63) is 72.5 Å². The summed E-state index contributed by atoms with van der Waals surface area (Å²) in [6.07, 6.45) is 5.33. The number of hydrogen-bond donors (Lipinski definition) is 0. The summed E-state index contributed by atoms with van der Waals surface area (Å²) < 4.78 is 1.64. The van der Waals surface area contributed by atoms with E-state index in [9.17, 15) is 14.5 Å². The minimum Gasteiger partial charge on any atom is -0.308 e. The molecule has 1 saturated carbocycles. The van der Waals surface area contributed by atoms with Gasteiger partial charge in [-0.2, -0.15) is 0 Å². The number of carbonyl (C=O) groups is 1. The van der Waals surface area contributed by atoms with Crippen LogP contribution in [0.2, 0.25) is 10.0 Å². The molecule has 6 nitrogen and oxygen atoms in total. The molecule has 154 valence electrons. The highest BCUT2D eigenvalue weighted by Crippen LogP contribution is 2.26. The summed E-state index contributed by atoms with van der Waals surface area (Å²) in [6, 6.07) is 8.64. The highest BCUT2D eigenvalue weighted by Gasteiger charge is 2.22. The van der Waals surface area contributed by atoms with Gasteiger partial charge in [0.05, 0.1) is 10.7 Å². The fourth-order valence-corrected chi connectivity index (χ4v) is 4.39. The summed E-state index contributed by atoms with van der Waals surface area (Å²) in [7, 11) is 2.06. The molecule has 2 aromatic rings. The Kier molecular flexibility index (Phi) is 7.22. The molecule has 1 aliphatic rings. The van der Waals surface area contributed by atoms with E-state index in [1.807, 2.05) is 0 Å². The summed E-state index contributed by atoms with van der Waals surface area (Å²) in [5.41, 5.74) is 1.66. The molecular weight excluding hydrogens is 413 g/mol. The van der Waals surface area contributed by atoms with Gasteiger partial charge in [0.15, 0.2) is 0 Å². The highest BCUT2D eigenvalue weighted by molar-refractivity contribution is 6.34. The fraction of sp³-hybridized carbons (Fsp3) is 0.429. The summed E-state index contributed by atoms with van der Waals surface area (Å²) in [6.45, 7) is 0.987. The van der Waals surface area contributed by atoms with Gasteiger partial charge >= 0.3 is 5.91 Å². The van der Waals surface area contributed by atoms with Crippen molar-refractivity contribution in [2.75, 3.05) is 7.05 Å². The van der Waals surface area contributed by atoms with Crippen LogP contribution in [0.15, 0.2) is 40.3 Å². The van der Waals surface area contributed by atoms with E-state index in [1.54, 1.807) is 28.8 Å². The molecule has 1 heterocycles. The van der Waals surface area contributed by atoms with Gasteiger partial charge in [-0.15, -0.1) is 4.91 Å². The van der Waals surface area contributed by atoms with E-state index in [2.05, 4.69) is 17.1 Å². The summed E-state index contributed by atoms with van der Waals surface area (Å²) >= 11 is 12.6. The topological polar surface area (TPSA) is 71.7 Å². The first-order valence-corrected chi connectivity index (χ1v) is 10.4. The molecule has 1 amide bonds. The standard InChI is InChI=1S/C21H23Cl2N3O3/c1-25(16-4-2-3-5-16)13-19-17(22)12-18(23)21(28)26(19)11-10-14-6-8-15(9-7-14)20(27)24-29/h6-9,12,16H,2-5,10-11,13H2,1H3. The van der Waals surface area contributed by atoms with Crippen molar-refractivity contribution < 1.29 is 4.79 Å². The van der Waals surface area contributed by atoms with E-state index in [0.717, 1.165) is 24.1 Å². The zero-order valence-electron chi connectivity index (χ0n) is 16.2. The lowest BCUT2D eigenvalue weighted by Gasteiger charge is -2.26. The molecule has 8 heteroatoms. The molecule has 0 aliphatic heterocycles. The van der Waals surface area contributed by atoms with Gasteiger partial charge < -0.3 is 4.57 Å². The van der Waals surface area contributed by atoms with Crippen molar-refractivity contribution in [1.82, 2.24) is 9.47 Å². The largest absolute Gasteiger partial charge is 0.316 e. The summed E-state index contributed by atoms with van der Waals surface area (Å²) in [5, 5.41) is 3.00. The van der Waals surface area contributed by atoms with E-state index in [0.29, 0.717) is 30.6 Å². The summed E-state index contributed by atoms with van der Waals surface area (Å²) in [5.74, 6) is -0.799. The Morgan fingerprint density at radius 2 is 1.83 bits per heavy atom. The van der Waals surface area contributed by atoms with Gasteiger partial charge in [0.25, 0.3) is 5.56 Å². The van der Waals surface area contributed by atoms with Crippen LogP contribution in [-0.4, -0.2) is 28.5 Å².